The molecule has 3 aromatic carbocycles. The Morgan fingerprint density at radius 2 is 1.39 bits per heavy atom. The summed E-state index contributed by atoms with van der Waals surface area (Å²) in [7, 11) is 0. The molecule has 5 N–H and O–H groups in total. The average Bonchev–Trinajstić information content (AvgIpc) is 3.64. The first-order valence-electron chi connectivity index (χ1n) is 16.1. The molecule has 5 atom stereocenters. The number of nitrogens with zero attached hydrogens (tertiary/aromatic N) is 1. The first-order chi connectivity index (χ1) is 23.9. The van der Waals surface area contributed by atoms with E-state index >= 15 is 0 Å². The zero-order valence-electron chi connectivity index (χ0n) is 26.8. The molecule has 0 saturated carbocycles. The summed E-state index contributed by atoms with van der Waals surface area (Å²) >= 11 is 0. The van der Waals surface area contributed by atoms with Gasteiger partial charge in [0.2, 0.25) is 0 Å². The summed E-state index contributed by atoms with van der Waals surface area (Å²) in [5.41, 5.74) is 2.44. The van der Waals surface area contributed by atoms with E-state index in [1.54, 1.807) is 42.6 Å². The largest absolute Gasteiger partial charge is 0.444 e. The Morgan fingerprint density at radius 1 is 0.776 bits per heavy atom. The van der Waals surface area contributed by atoms with Crippen molar-refractivity contribution in [2.75, 3.05) is 18.5 Å². The first kappa shape index (κ1) is 35.0. The Labute approximate surface area is 284 Å². The molecule has 0 spiro atoms. The van der Waals surface area contributed by atoms with Gasteiger partial charge < -0.3 is 35.1 Å². The van der Waals surface area contributed by atoms with E-state index in [0.29, 0.717) is 18.7 Å². The molecular weight excluding hydrogens is 628 g/mol. The van der Waals surface area contributed by atoms with Gasteiger partial charge in [-0.1, -0.05) is 78.9 Å². The molecular formula is C37H40N4O8. The Balaban J connectivity index is 1.33. The molecule has 0 bridgehead atoms. The summed E-state index contributed by atoms with van der Waals surface area (Å²) in [6.45, 7) is 0.703. The molecule has 1 saturated heterocycles. The molecule has 1 aromatic heterocycles. The minimum absolute atomic E-state index is 0.0651. The molecule has 3 amide bonds. The minimum atomic E-state index is -1.54. The maximum atomic E-state index is 13.8. The monoisotopic (exact) mass is 668 g/mol. The smallest absolute Gasteiger partial charge is 0.412 e. The number of carbonyl (C=O) groups is 3. The molecule has 12 nitrogen and oxygen atoms in total. The van der Waals surface area contributed by atoms with Gasteiger partial charge in [0.1, 0.15) is 24.9 Å². The van der Waals surface area contributed by atoms with Gasteiger partial charge in [-0.25, -0.2) is 9.59 Å². The van der Waals surface area contributed by atoms with Gasteiger partial charge >= 0.3 is 12.2 Å². The molecule has 49 heavy (non-hydrogen) atoms. The number of anilines is 1. The third-order valence-corrected chi connectivity index (χ3v) is 8.04. The van der Waals surface area contributed by atoms with Crippen molar-refractivity contribution in [3.63, 3.8) is 0 Å². The van der Waals surface area contributed by atoms with E-state index in [-0.39, 0.29) is 37.3 Å². The number of ether oxygens (including phenoxy) is 3. The van der Waals surface area contributed by atoms with Gasteiger partial charge in [0, 0.05) is 12.6 Å². The van der Waals surface area contributed by atoms with Crippen LogP contribution in [0.5, 0.6) is 0 Å². The lowest BCUT2D eigenvalue weighted by atomic mass is 9.91. The van der Waals surface area contributed by atoms with Crippen LogP contribution in [0.15, 0.2) is 109 Å². The lowest BCUT2D eigenvalue weighted by molar-refractivity contribution is -0.0240. The number of hydrogen-bond donors (Lipinski definition) is 5. The quantitative estimate of drug-likeness (QED) is 0.133. The normalized spacial score (nSPS) is 16.4. The second-order valence-corrected chi connectivity index (χ2v) is 11.7. The van der Waals surface area contributed by atoms with E-state index in [2.05, 4.69) is 20.9 Å². The lowest BCUT2D eigenvalue weighted by Gasteiger charge is -2.33. The highest BCUT2D eigenvalue weighted by molar-refractivity contribution is 6.02. The highest BCUT2D eigenvalue weighted by Gasteiger charge is 2.35. The SMILES string of the molecule is O=C(Nc1ccccc1C(=O)N[C@@H](Cc1ccccc1)[C@H](O)[C@H](O)[C@H](Cc1ccccc1)NC(=O)OC1CCOC1)OCc1ccccn1. The van der Waals surface area contributed by atoms with E-state index in [4.69, 9.17) is 14.2 Å². The Bertz CT molecular complexity index is 1640. The number of amides is 3. The molecule has 0 radical (unpaired) electrons. The van der Waals surface area contributed by atoms with Crippen LogP contribution < -0.4 is 16.0 Å². The maximum Gasteiger partial charge on any atom is 0.412 e. The molecule has 0 aliphatic carbocycles. The van der Waals surface area contributed by atoms with E-state index in [9.17, 15) is 24.6 Å². The van der Waals surface area contributed by atoms with E-state index in [1.165, 1.54) is 6.07 Å². The van der Waals surface area contributed by atoms with Crippen molar-refractivity contribution in [3.8, 4) is 0 Å². The Kier molecular flexibility index (Phi) is 12.7. The van der Waals surface area contributed by atoms with Gasteiger partial charge in [-0.2, -0.15) is 0 Å². The van der Waals surface area contributed by atoms with Crippen LogP contribution in [0.2, 0.25) is 0 Å². The van der Waals surface area contributed by atoms with Gasteiger partial charge in [-0.05, 0) is 48.2 Å². The number of nitrogens with one attached hydrogen (secondary N) is 3. The molecule has 1 aliphatic heterocycles. The maximum absolute atomic E-state index is 13.8. The number of alkyl carbamates (subject to hydrolysis) is 1. The van der Waals surface area contributed by atoms with Crippen molar-refractivity contribution in [2.24, 2.45) is 0 Å². The van der Waals surface area contributed by atoms with Crippen LogP contribution in [0.4, 0.5) is 15.3 Å². The van der Waals surface area contributed by atoms with Crippen LogP contribution in [0.3, 0.4) is 0 Å². The van der Waals surface area contributed by atoms with Crippen LogP contribution in [0.1, 0.15) is 33.6 Å². The standard InChI is InChI=1S/C37H40N4O8/c42-33(34(43)32(22-26-13-5-2-6-14-26)41-37(46)49-28-18-20-47-24-28)31(21-25-11-3-1-4-12-25)39-35(44)29-16-7-8-17-30(29)40-36(45)48-23-27-15-9-10-19-38-27/h1-17,19,28,31-34,42-43H,18,20-24H2,(H,39,44)(H,40,45)(H,41,46)/t28?,31-,32-,33-,34+/m0/s1. The van der Waals surface area contributed by atoms with Crippen LogP contribution in [-0.4, -0.2) is 76.9 Å². The van der Waals surface area contributed by atoms with Gasteiger partial charge in [0.05, 0.1) is 42.2 Å². The zero-order valence-corrected chi connectivity index (χ0v) is 26.8. The number of benzene rings is 3. The fourth-order valence-corrected chi connectivity index (χ4v) is 5.47. The topological polar surface area (TPSA) is 168 Å². The lowest BCUT2D eigenvalue weighted by Crippen LogP contribution is -2.57. The van der Waals surface area contributed by atoms with Crippen molar-refractivity contribution in [1.29, 1.82) is 0 Å². The van der Waals surface area contributed by atoms with Crippen LogP contribution in [-0.2, 0) is 33.7 Å². The van der Waals surface area contributed by atoms with E-state index in [1.807, 2.05) is 60.7 Å². The first-order valence-corrected chi connectivity index (χ1v) is 16.1. The molecule has 4 aromatic rings. The second-order valence-electron chi connectivity index (χ2n) is 11.7. The predicted octanol–water partition coefficient (Wildman–Crippen LogP) is 4.02. The summed E-state index contributed by atoms with van der Waals surface area (Å²) in [5.74, 6) is -0.610. The molecule has 2 heterocycles. The van der Waals surface area contributed by atoms with E-state index < -0.39 is 48.5 Å². The van der Waals surface area contributed by atoms with Gasteiger partial charge in [-0.3, -0.25) is 15.1 Å². The van der Waals surface area contributed by atoms with Gasteiger partial charge in [-0.15, -0.1) is 0 Å². The number of rotatable bonds is 14. The Hall–Kier alpha value is -5.30. The minimum Gasteiger partial charge on any atom is -0.444 e. The number of para-hydroxylation sites is 1. The van der Waals surface area contributed by atoms with Crippen molar-refractivity contribution in [2.45, 2.75) is 56.3 Å². The van der Waals surface area contributed by atoms with Crippen LogP contribution >= 0.6 is 0 Å². The fourth-order valence-electron chi connectivity index (χ4n) is 5.47. The van der Waals surface area contributed by atoms with Crippen molar-refractivity contribution < 1.29 is 38.8 Å². The average molecular weight is 669 g/mol. The number of carbonyl (C=O) groups excluding carboxylic acids is 3. The van der Waals surface area contributed by atoms with Gasteiger partial charge in [0.25, 0.3) is 5.91 Å². The predicted molar refractivity (Wildman–Crippen MR) is 181 cm³/mol. The number of pyridine rings is 1. The highest BCUT2D eigenvalue weighted by atomic mass is 16.6. The second kappa shape index (κ2) is 17.7. The van der Waals surface area contributed by atoms with Crippen LogP contribution in [0.25, 0.3) is 0 Å². The van der Waals surface area contributed by atoms with Crippen molar-refractivity contribution in [3.05, 3.63) is 132 Å². The molecule has 1 fully saturated rings. The van der Waals surface area contributed by atoms with Gasteiger partial charge in [0.15, 0.2) is 0 Å². The summed E-state index contributed by atoms with van der Waals surface area (Å²) in [5, 5.41) is 31.5. The summed E-state index contributed by atoms with van der Waals surface area (Å²) in [6.07, 6.45) is -2.55. The van der Waals surface area contributed by atoms with Crippen molar-refractivity contribution in [1.82, 2.24) is 15.6 Å². The number of aliphatic hydroxyl groups is 2. The number of aromatic nitrogens is 1. The molecule has 5 rings (SSSR count). The van der Waals surface area contributed by atoms with Crippen molar-refractivity contribution >= 4 is 23.8 Å². The highest BCUT2D eigenvalue weighted by Crippen LogP contribution is 2.19. The third-order valence-electron chi connectivity index (χ3n) is 8.04. The van der Waals surface area contributed by atoms with E-state index in [0.717, 1.165) is 11.1 Å². The summed E-state index contributed by atoms with van der Waals surface area (Å²) in [4.78, 5) is 43.4. The number of aliphatic hydroxyl groups excluding tert-OH is 2. The Morgan fingerprint density at radius 3 is 2.00 bits per heavy atom. The summed E-state index contributed by atoms with van der Waals surface area (Å²) in [6, 6.07) is 28.0. The summed E-state index contributed by atoms with van der Waals surface area (Å²) < 4.78 is 16.1. The zero-order chi connectivity index (χ0) is 34.4. The molecule has 1 unspecified atom stereocenters. The molecule has 1 aliphatic rings. The third kappa shape index (κ3) is 10.6. The molecule has 12 heteroatoms. The molecule has 256 valence electrons. The van der Waals surface area contributed by atoms with Crippen LogP contribution in [0, 0.1) is 0 Å². The number of hydrogen-bond acceptors (Lipinski definition) is 9. The fraction of sp³-hybridized carbons (Fsp3) is 0.297.